The molecule has 3 aromatic rings. The molecule has 1 aromatic heterocycles. The van der Waals surface area contributed by atoms with E-state index in [-0.39, 0.29) is 24.1 Å². The molecule has 6 nitrogen and oxygen atoms in total. The average molecular weight is 339 g/mol. The Morgan fingerprint density at radius 3 is 2.48 bits per heavy atom. The number of carbonyl (C=O) groups excluding carboxylic acids is 1. The van der Waals surface area contributed by atoms with Crippen LogP contribution in [-0.4, -0.2) is 33.1 Å². The predicted octanol–water partition coefficient (Wildman–Crippen LogP) is 2.22. The molecular weight excluding hydrogens is 321 g/mol. The number of benzene rings is 2. The minimum Gasteiger partial charge on any atom is -0.356 e. The second-order valence-corrected chi connectivity index (χ2v) is 5.65. The fraction of sp³-hybridized carbons (Fsp3) is 0.222. The second-order valence-electron chi connectivity index (χ2n) is 5.65. The SMILES string of the molecule is O=C(C[C@@H](c1ccccc1)c1ccc(F)cc1)NCCc1nn[nH]n1. The largest absolute Gasteiger partial charge is 0.356 e. The first-order chi connectivity index (χ1) is 12.2. The predicted molar refractivity (Wildman–Crippen MR) is 90.2 cm³/mol. The number of tetrazole rings is 1. The van der Waals surface area contributed by atoms with E-state index in [9.17, 15) is 9.18 Å². The molecule has 0 saturated heterocycles. The quantitative estimate of drug-likeness (QED) is 0.691. The highest BCUT2D eigenvalue weighted by atomic mass is 19.1. The highest BCUT2D eigenvalue weighted by molar-refractivity contribution is 5.77. The molecule has 1 heterocycles. The second kappa shape index (κ2) is 8.14. The number of nitrogens with zero attached hydrogens (tertiary/aromatic N) is 3. The summed E-state index contributed by atoms with van der Waals surface area (Å²) in [5, 5.41) is 16.4. The first-order valence-electron chi connectivity index (χ1n) is 8.02. The Kier molecular flexibility index (Phi) is 5.46. The summed E-state index contributed by atoms with van der Waals surface area (Å²) in [5.41, 5.74) is 1.92. The summed E-state index contributed by atoms with van der Waals surface area (Å²) >= 11 is 0. The molecule has 0 aliphatic heterocycles. The summed E-state index contributed by atoms with van der Waals surface area (Å²) in [5.74, 6) is 0.0483. The van der Waals surface area contributed by atoms with Gasteiger partial charge in [0.2, 0.25) is 5.91 Å². The number of aromatic nitrogens is 4. The van der Waals surface area contributed by atoms with Gasteiger partial charge in [-0.2, -0.15) is 5.21 Å². The lowest BCUT2D eigenvalue weighted by atomic mass is 9.88. The van der Waals surface area contributed by atoms with Crippen molar-refractivity contribution >= 4 is 5.91 Å². The van der Waals surface area contributed by atoms with Crippen molar-refractivity contribution in [2.45, 2.75) is 18.8 Å². The molecule has 0 aliphatic carbocycles. The smallest absolute Gasteiger partial charge is 0.220 e. The Hall–Kier alpha value is -3.09. The molecule has 0 aliphatic rings. The van der Waals surface area contributed by atoms with Crippen LogP contribution >= 0.6 is 0 Å². The molecule has 0 radical (unpaired) electrons. The van der Waals surface area contributed by atoms with E-state index in [0.29, 0.717) is 18.8 Å². The van der Waals surface area contributed by atoms with Gasteiger partial charge < -0.3 is 5.32 Å². The van der Waals surface area contributed by atoms with Gasteiger partial charge in [-0.1, -0.05) is 47.7 Å². The van der Waals surface area contributed by atoms with Gasteiger partial charge in [0.1, 0.15) is 5.82 Å². The van der Waals surface area contributed by atoms with Crippen LogP contribution in [0, 0.1) is 5.82 Å². The number of aromatic amines is 1. The zero-order chi connectivity index (χ0) is 17.5. The lowest BCUT2D eigenvalue weighted by Crippen LogP contribution is -2.27. The van der Waals surface area contributed by atoms with Gasteiger partial charge in [-0.15, -0.1) is 10.2 Å². The summed E-state index contributed by atoms with van der Waals surface area (Å²) < 4.78 is 13.2. The van der Waals surface area contributed by atoms with Gasteiger partial charge in [0.25, 0.3) is 0 Å². The van der Waals surface area contributed by atoms with Gasteiger partial charge in [-0.3, -0.25) is 4.79 Å². The number of halogens is 1. The number of H-pyrrole nitrogens is 1. The molecule has 7 heteroatoms. The van der Waals surface area contributed by atoms with Gasteiger partial charge in [-0.05, 0) is 23.3 Å². The van der Waals surface area contributed by atoms with Crippen LogP contribution in [0.25, 0.3) is 0 Å². The Morgan fingerprint density at radius 1 is 1.08 bits per heavy atom. The van der Waals surface area contributed by atoms with Crippen LogP contribution in [0.1, 0.15) is 29.3 Å². The van der Waals surface area contributed by atoms with Gasteiger partial charge in [0.15, 0.2) is 5.82 Å². The molecule has 1 amide bonds. The van der Waals surface area contributed by atoms with Crippen LogP contribution in [-0.2, 0) is 11.2 Å². The molecule has 0 bridgehead atoms. The molecule has 0 unspecified atom stereocenters. The molecule has 1 atom stereocenters. The summed E-state index contributed by atoms with van der Waals surface area (Å²) in [4.78, 5) is 12.3. The minimum absolute atomic E-state index is 0.0818. The Bertz CT molecular complexity index is 790. The standard InChI is InChI=1S/C18H18FN5O/c19-15-8-6-14(7-9-15)16(13-4-2-1-3-5-13)12-18(25)20-11-10-17-21-23-24-22-17/h1-9,16H,10-12H2,(H,20,25)(H,21,22,23,24)/t16-/m0/s1. The van der Waals surface area contributed by atoms with E-state index in [0.717, 1.165) is 11.1 Å². The number of hydrogen-bond acceptors (Lipinski definition) is 4. The fourth-order valence-electron chi connectivity index (χ4n) is 2.67. The molecular formula is C18H18FN5O. The Labute approximate surface area is 144 Å². The van der Waals surface area contributed by atoms with Crippen molar-refractivity contribution in [3.05, 3.63) is 77.4 Å². The topological polar surface area (TPSA) is 83.6 Å². The highest BCUT2D eigenvalue weighted by Crippen LogP contribution is 2.28. The molecule has 25 heavy (non-hydrogen) atoms. The summed E-state index contributed by atoms with van der Waals surface area (Å²) in [6.07, 6.45) is 0.788. The molecule has 2 aromatic carbocycles. The molecule has 0 fully saturated rings. The van der Waals surface area contributed by atoms with Gasteiger partial charge >= 0.3 is 0 Å². The molecule has 0 saturated carbocycles. The lowest BCUT2D eigenvalue weighted by molar-refractivity contribution is -0.121. The zero-order valence-corrected chi connectivity index (χ0v) is 13.5. The van der Waals surface area contributed by atoms with E-state index in [1.165, 1.54) is 12.1 Å². The molecule has 0 spiro atoms. The van der Waals surface area contributed by atoms with E-state index >= 15 is 0 Å². The van der Waals surface area contributed by atoms with E-state index in [4.69, 9.17) is 0 Å². The Morgan fingerprint density at radius 2 is 1.80 bits per heavy atom. The number of amides is 1. The third kappa shape index (κ3) is 4.69. The van der Waals surface area contributed by atoms with Gasteiger partial charge in [-0.25, -0.2) is 4.39 Å². The lowest BCUT2D eigenvalue weighted by Gasteiger charge is -2.18. The zero-order valence-electron chi connectivity index (χ0n) is 13.5. The van der Waals surface area contributed by atoms with Crippen LogP contribution < -0.4 is 5.32 Å². The van der Waals surface area contributed by atoms with E-state index in [2.05, 4.69) is 25.9 Å². The van der Waals surface area contributed by atoms with Crippen molar-refractivity contribution in [2.24, 2.45) is 0 Å². The fourth-order valence-corrected chi connectivity index (χ4v) is 2.67. The molecule has 128 valence electrons. The molecule has 3 rings (SSSR count). The third-order valence-electron chi connectivity index (χ3n) is 3.92. The number of nitrogens with one attached hydrogen (secondary N) is 2. The van der Waals surface area contributed by atoms with Crippen LogP contribution in [0.15, 0.2) is 54.6 Å². The van der Waals surface area contributed by atoms with Crippen molar-refractivity contribution in [3.8, 4) is 0 Å². The maximum absolute atomic E-state index is 13.2. The molecule has 2 N–H and O–H groups in total. The van der Waals surface area contributed by atoms with Gasteiger partial charge in [0, 0.05) is 25.3 Å². The number of hydrogen-bond donors (Lipinski definition) is 2. The highest BCUT2D eigenvalue weighted by Gasteiger charge is 2.18. The Balaban J connectivity index is 1.67. The van der Waals surface area contributed by atoms with Gasteiger partial charge in [0.05, 0.1) is 0 Å². The van der Waals surface area contributed by atoms with Crippen LogP contribution in [0.2, 0.25) is 0 Å². The number of rotatable bonds is 7. The first-order valence-corrected chi connectivity index (χ1v) is 8.02. The van der Waals surface area contributed by atoms with Crippen molar-refractivity contribution in [1.82, 2.24) is 25.9 Å². The first kappa shape index (κ1) is 16.8. The van der Waals surface area contributed by atoms with Crippen molar-refractivity contribution in [3.63, 3.8) is 0 Å². The van der Waals surface area contributed by atoms with Crippen LogP contribution in [0.4, 0.5) is 4.39 Å². The maximum atomic E-state index is 13.2. The van der Waals surface area contributed by atoms with Crippen LogP contribution in [0.5, 0.6) is 0 Å². The van der Waals surface area contributed by atoms with E-state index in [1.54, 1.807) is 12.1 Å². The van der Waals surface area contributed by atoms with E-state index < -0.39 is 0 Å². The summed E-state index contributed by atoms with van der Waals surface area (Å²) in [6, 6.07) is 16.0. The van der Waals surface area contributed by atoms with E-state index in [1.807, 2.05) is 30.3 Å². The maximum Gasteiger partial charge on any atom is 0.220 e. The normalized spacial score (nSPS) is 11.9. The van der Waals surface area contributed by atoms with Crippen molar-refractivity contribution in [1.29, 1.82) is 0 Å². The average Bonchev–Trinajstić information content (AvgIpc) is 3.15. The summed E-state index contributed by atoms with van der Waals surface area (Å²) in [7, 11) is 0. The minimum atomic E-state index is -0.292. The number of carbonyl (C=O) groups is 1. The van der Waals surface area contributed by atoms with Crippen LogP contribution in [0.3, 0.4) is 0 Å². The third-order valence-corrected chi connectivity index (χ3v) is 3.92. The monoisotopic (exact) mass is 339 g/mol. The van der Waals surface area contributed by atoms with Crippen molar-refractivity contribution < 1.29 is 9.18 Å². The van der Waals surface area contributed by atoms with Crippen molar-refractivity contribution in [2.75, 3.05) is 6.54 Å². The summed E-state index contributed by atoms with van der Waals surface area (Å²) in [6.45, 7) is 0.434.